The third kappa shape index (κ3) is 3.99. The molecule has 0 aliphatic heterocycles. The van der Waals surface area contributed by atoms with E-state index in [9.17, 15) is 17.2 Å². The highest BCUT2D eigenvalue weighted by Gasteiger charge is 2.28. The van der Waals surface area contributed by atoms with Crippen molar-refractivity contribution in [1.82, 2.24) is 4.72 Å². The van der Waals surface area contributed by atoms with Crippen LogP contribution in [0.15, 0.2) is 23.1 Å². The van der Waals surface area contributed by atoms with Gasteiger partial charge in [-0.2, -0.15) is 0 Å². The van der Waals surface area contributed by atoms with Crippen LogP contribution >= 0.6 is 15.9 Å². The van der Waals surface area contributed by atoms with Crippen LogP contribution in [0.5, 0.6) is 0 Å². The van der Waals surface area contributed by atoms with E-state index in [1.54, 1.807) is 0 Å². The summed E-state index contributed by atoms with van der Waals surface area (Å²) < 4.78 is 53.1. The molecule has 7 heteroatoms. The Labute approximate surface area is 126 Å². The first-order valence-corrected chi connectivity index (χ1v) is 8.91. The molecule has 0 atom stereocenters. The zero-order valence-electron chi connectivity index (χ0n) is 11.4. The van der Waals surface area contributed by atoms with Crippen molar-refractivity contribution < 1.29 is 17.2 Å². The number of halogens is 3. The number of hydrogen-bond donors (Lipinski definition) is 1. The highest BCUT2D eigenvalue weighted by Crippen LogP contribution is 2.28. The quantitative estimate of drug-likeness (QED) is 0.748. The number of rotatable bonds is 7. The first-order valence-electron chi connectivity index (χ1n) is 6.31. The summed E-state index contributed by atoms with van der Waals surface area (Å²) in [5, 5.41) is 0.626. The fourth-order valence-electron chi connectivity index (χ4n) is 1.75. The lowest BCUT2D eigenvalue weighted by Gasteiger charge is -2.29. The molecule has 0 heterocycles. The topological polar surface area (TPSA) is 46.2 Å². The average Bonchev–Trinajstić information content (AvgIpc) is 2.43. The summed E-state index contributed by atoms with van der Waals surface area (Å²) in [4.78, 5) is -0.659. The molecular formula is C13H18BrF2NO2S. The molecule has 20 heavy (non-hydrogen) atoms. The lowest BCUT2D eigenvalue weighted by Crippen LogP contribution is -2.38. The third-order valence-electron chi connectivity index (χ3n) is 3.60. The van der Waals surface area contributed by atoms with Gasteiger partial charge in [-0.1, -0.05) is 29.8 Å². The van der Waals surface area contributed by atoms with E-state index in [1.165, 1.54) is 0 Å². The normalized spacial score (nSPS) is 12.7. The maximum Gasteiger partial charge on any atom is 0.243 e. The molecule has 1 rings (SSSR count). The minimum Gasteiger partial charge on any atom is -0.210 e. The van der Waals surface area contributed by atoms with Gasteiger partial charge in [0.2, 0.25) is 10.0 Å². The van der Waals surface area contributed by atoms with Gasteiger partial charge in [0.15, 0.2) is 0 Å². The van der Waals surface area contributed by atoms with Crippen molar-refractivity contribution in [3.05, 3.63) is 29.8 Å². The summed E-state index contributed by atoms with van der Waals surface area (Å²) in [6.07, 6.45) is 1.53. The van der Waals surface area contributed by atoms with Crippen LogP contribution in [0.4, 0.5) is 8.78 Å². The van der Waals surface area contributed by atoms with Crippen molar-refractivity contribution in [1.29, 1.82) is 0 Å². The van der Waals surface area contributed by atoms with Gasteiger partial charge in [-0.25, -0.2) is 21.9 Å². The number of alkyl halides is 1. The second kappa shape index (κ2) is 6.95. The lowest BCUT2D eigenvalue weighted by molar-refractivity contribution is 0.309. The lowest BCUT2D eigenvalue weighted by atomic mass is 9.85. The van der Waals surface area contributed by atoms with Gasteiger partial charge < -0.3 is 0 Å². The van der Waals surface area contributed by atoms with Crippen molar-refractivity contribution in [2.45, 2.75) is 31.6 Å². The number of nitrogens with one attached hydrogen (secondary N) is 1. The molecule has 1 N–H and O–H groups in total. The smallest absolute Gasteiger partial charge is 0.210 e. The van der Waals surface area contributed by atoms with Crippen LogP contribution in [0, 0.1) is 17.0 Å². The Morgan fingerprint density at radius 3 is 2.35 bits per heavy atom. The van der Waals surface area contributed by atoms with Gasteiger partial charge in [0.1, 0.15) is 16.5 Å². The molecule has 0 amide bonds. The Kier molecular flexibility index (Phi) is 6.09. The molecule has 3 nitrogen and oxygen atoms in total. The summed E-state index contributed by atoms with van der Waals surface area (Å²) in [6, 6.07) is 2.38. The van der Waals surface area contributed by atoms with E-state index in [4.69, 9.17) is 0 Å². The van der Waals surface area contributed by atoms with Crippen molar-refractivity contribution in [2.75, 3.05) is 11.9 Å². The molecule has 0 fully saturated rings. The number of hydrogen-bond acceptors (Lipinski definition) is 2. The van der Waals surface area contributed by atoms with Gasteiger partial charge in [-0.15, -0.1) is 0 Å². The molecule has 114 valence electrons. The number of sulfonamides is 1. The zero-order chi connectivity index (χ0) is 15.4. The Balaban J connectivity index is 2.98. The Bertz CT molecular complexity index is 551. The van der Waals surface area contributed by atoms with Crippen molar-refractivity contribution in [3.63, 3.8) is 0 Å². The van der Waals surface area contributed by atoms with Crippen LogP contribution < -0.4 is 4.72 Å². The third-order valence-corrected chi connectivity index (χ3v) is 6.21. The van der Waals surface area contributed by atoms with Gasteiger partial charge in [-0.05, 0) is 36.5 Å². The van der Waals surface area contributed by atoms with E-state index in [0.29, 0.717) is 11.4 Å². The molecule has 0 aliphatic rings. The largest absolute Gasteiger partial charge is 0.243 e. The standard InChI is InChI=1S/C13H18BrF2NO2S/c1-3-13(4-2,8-14)9-17-20(18,19)12-7-10(15)5-6-11(12)16/h5-7,17H,3-4,8-9H2,1-2H3. The van der Waals surface area contributed by atoms with E-state index >= 15 is 0 Å². The molecule has 1 aromatic carbocycles. The highest BCUT2D eigenvalue weighted by atomic mass is 79.9. The van der Waals surface area contributed by atoms with E-state index in [2.05, 4.69) is 20.7 Å². The van der Waals surface area contributed by atoms with Gasteiger partial charge in [0.25, 0.3) is 0 Å². The summed E-state index contributed by atoms with van der Waals surface area (Å²) >= 11 is 3.37. The molecule has 0 spiro atoms. The molecule has 0 bridgehead atoms. The van der Waals surface area contributed by atoms with Crippen molar-refractivity contribution in [3.8, 4) is 0 Å². The van der Waals surface area contributed by atoms with Crippen LogP contribution in [0.2, 0.25) is 0 Å². The van der Waals surface area contributed by atoms with E-state index in [-0.39, 0.29) is 12.0 Å². The second-order valence-electron chi connectivity index (χ2n) is 4.74. The van der Waals surface area contributed by atoms with Crippen LogP contribution in [0.25, 0.3) is 0 Å². The molecule has 0 saturated carbocycles. The second-order valence-corrected chi connectivity index (χ2v) is 7.04. The minimum absolute atomic E-state index is 0.170. The molecule has 0 radical (unpaired) electrons. The van der Waals surface area contributed by atoms with Crippen molar-refractivity contribution >= 4 is 26.0 Å². The van der Waals surface area contributed by atoms with Gasteiger partial charge in [0, 0.05) is 11.9 Å². The first kappa shape index (κ1) is 17.5. The van der Waals surface area contributed by atoms with E-state index in [1.807, 2.05) is 13.8 Å². The van der Waals surface area contributed by atoms with Crippen LogP contribution in [-0.2, 0) is 10.0 Å². The fourth-order valence-corrected chi connectivity index (χ4v) is 3.98. The fraction of sp³-hybridized carbons (Fsp3) is 0.538. The monoisotopic (exact) mass is 369 g/mol. The predicted octanol–water partition coefficient (Wildman–Crippen LogP) is 3.44. The Morgan fingerprint density at radius 2 is 1.85 bits per heavy atom. The van der Waals surface area contributed by atoms with Gasteiger partial charge in [-0.3, -0.25) is 0 Å². The van der Waals surface area contributed by atoms with E-state index in [0.717, 1.165) is 25.0 Å². The van der Waals surface area contributed by atoms with E-state index < -0.39 is 26.6 Å². The molecule has 0 aromatic heterocycles. The molecule has 0 aliphatic carbocycles. The molecular weight excluding hydrogens is 352 g/mol. The molecule has 0 unspecified atom stereocenters. The van der Waals surface area contributed by atoms with Crippen LogP contribution in [0.3, 0.4) is 0 Å². The predicted molar refractivity (Wildman–Crippen MR) is 78.4 cm³/mol. The summed E-state index contributed by atoms with van der Waals surface area (Å²) in [6.45, 7) is 4.09. The summed E-state index contributed by atoms with van der Waals surface area (Å²) in [7, 11) is -4.06. The molecule has 1 aromatic rings. The SMILES string of the molecule is CCC(CC)(CBr)CNS(=O)(=O)c1cc(F)ccc1F. The summed E-state index contributed by atoms with van der Waals surface area (Å²) in [5.74, 6) is -1.75. The van der Waals surface area contributed by atoms with Gasteiger partial charge in [0.05, 0.1) is 0 Å². The highest BCUT2D eigenvalue weighted by molar-refractivity contribution is 9.09. The van der Waals surface area contributed by atoms with Crippen LogP contribution in [0.1, 0.15) is 26.7 Å². The maximum absolute atomic E-state index is 13.5. The Morgan fingerprint density at radius 1 is 1.25 bits per heavy atom. The minimum atomic E-state index is -4.06. The Hall–Kier alpha value is -0.530. The summed E-state index contributed by atoms with van der Waals surface area (Å²) in [5.41, 5.74) is -0.239. The van der Waals surface area contributed by atoms with Crippen molar-refractivity contribution in [2.24, 2.45) is 5.41 Å². The zero-order valence-corrected chi connectivity index (χ0v) is 13.8. The van der Waals surface area contributed by atoms with Crippen LogP contribution in [-0.4, -0.2) is 20.3 Å². The van der Waals surface area contributed by atoms with Gasteiger partial charge >= 0.3 is 0 Å². The number of benzene rings is 1. The average molecular weight is 370 g/mol. The molecule has 0 saturated heterocycles. The maximum atomic E-state index is 13.5. The first-order chi connectivity index (χ1) is 9.30.